The maximum absolute atomic E-state index is 12.1. The average molecular weight is 382 g/mol. The Hall–Kier alpha value is -1.27. The first kappa shape index (κ1) is 17.1. The van der Waals surface area contributed by atoms with Gasteiger partial charge in [0.05, 0.1) is 0 Å². The van der Waals surface area contributed by atoms with E-state index in [1.165, 1.54) is 37.0 Å². The van der Waals surface area contributed by atoms with E-state index in [9.17, 15) is 4.79 Å². The number of aromatic nitrogens is 2. The Balaban J connectivity index is 1.81. The van der Waals surface area contributed by atoms with Crippen molar-refractivity contribution in [3.8, 4) is 0 Å². The van der Waals surface area contributed by atoms with Crippen LogP contribution in [-0.2, 0) is 6.42 Å². The highest BCUT2D eigenvalue weighted by Crippen LogP contribution is 2.19. The smallest absolute Gasteiger partial charge is 0.257 e. The number of nitrogens with zero attached hydrogens (tertiary/aromatic N) is 2. The predicted octanol–water partition coefficient (Wildman–Crippen LogP) is 5.07. The van der Waals surface area contributed by atoms with E-state index in [2.05, 4.69) is 38.4 Å². The highest BCUT2D eigenvalue weighted by molar-refractivity contribution is 9.10. The molecule has 1 heterocycles. The largest absolute Gasteiger partial charge is 0.296 e. The van der Waals surface area contributed by atoms with Crippen LogP contribution in [0.3, 0.4) is 0 Å². The first-order valence-electron chi connectivity index (χ1n) is 7.58. The predicted molar refractivity (Wildman–Crippen MR) is 94.5 cm³/mol. The van der Waals surface area contributed by atoms with Gasteiger partial charge in [-0.3, -0.25) is 10.1 Å². The zero-order valence-electron chi connectivity index (χ0n) is 12.6. The summed E-state index contributed by atoms with van der Waals surface area (Å²) in [4.78, 5) is 12.1. The van der Waals surface area contributed by atoms with Crippen LogP contribution in [-0.4, -0.2) is 16.1 Å². The molecule has 2 rings (SSSR count). The number of hydrogen-bond donors (Lipinski definition) is 1. The van der Waals surface area contributed by atoms with E-state index in [1.54, 1.807) is 12.1 Å². The highest BCUT2D eigenvalue weighted by Gasteiger charge is 2.10. The molecule has 1 aromatic carbocycles. The summed E-state index contributed by atoms with van der Waals surface area (Å²) < 4.78 is 0.949. The van der Waals surface area contributed by atoms with Gasteiger partial charge in [-0.05, 0) is 30.7 Å². The van der Waals surface area contributed by atoms with Gasteiger partial charge in [0.2, 0.25) is 5.13 Å². The molecule has 0 aliphatic rings. The number of amides is 1. The van der Waals surface area contributed by atoms with Crippen LogP contribution in [0, 0.1) is 0 Å². The molecule has 0 unspecified atom stereocenters. The molecule has 0 bridgehead atoms. The molecule has 0 aliphatic heterocycles. The van der Waals surface area contributed by atoms with E-state index in [-0.39, 0.29) is 5.91 Å². The number of unbranched alkanes of at least 4 members (excludes halogenated alkanes) is 4. The van der Waals surface area contributed by atoms with Crippen molar-refractivity contribution >= 4 is 38.3 Å². The standard InChI is InChI=1S/C16H20BrN3OS/c1-2-3-4-5-6-7-14-19-20-16(22-14)18-15(21)12-8-10-13(17)11-9-12/h8-11H,2-7H2,1H3,(H,18,20,21). The van der Waals surface area contributed by atoms with E-state index in [0.29, 0.717) is 10.7 Å². The third-order valence-electron chi connectivity index (χ3n) is 3.29. The van der Waals surface area contributed by atoms with Crippen LogP contribution < -0.4 is 5.32 Å². The maximum Gasteiger partial charge on any atom is 0.257 e. The summed E-state index contributed by atoms with van der Waals surface area (Å²) in [5.74, 6) is -0.154. The van der Waals surface area contributed by atoms with Crippen molar-refractivity contribution in [2.45, 2.75) is 45.4 Å². The second-order valence-electron chi connectivity index (χ2n) is 5.13. The van der Waals surface area contributed by atoms with Crippen LogP contribution >= 0.6 is 27.3 Å². The molecule has 0 saturated carbocycles. The minimum Gasteiger partial charge on any atom is -0.296 e. The van der Waals surface area contributed by atoms with Crippen LogP contribution in [0.4, 0.5) is 5.13 Å². The normalized spacial score (nSPS) is 10.6. The first-order valence-corrected chi connectivity index (χ1v) is 9.19. The van der Waals surface area contributed by atoms with Crippen molar-refractivity contribution in [3.63, 3.8) is 0 Å². The molecule has 0 aliphatic carbocycles. The summed E-state index contributed by atoms with van der Waals surface area (Å²) in [7, 11) is 0. The fourth-order valence-corrected chi connectivity index (χ4v) is 3.10. The van der Waals surface area contributed by atoms with E-state index in [0.717, 1.165) is 22.3 Å². The number of anilines is 1. The number of benzene rings is 1. The Kier molecular flexibility index (Phi) is 6.99. The number of carbonyl (C=O) groups excluding carboxylic acids is 1. The third kappa shape index (κ3) is 5.50. The molecule has 2 aromatic rings. The molecule has 22 heavy (non-hydrogen) atoms. The van der Waals surface area contributed by atoms with Gasteiger partial charge in [-0.2, -0.15) is 0 Å². The van der Waals surface area contributed by atoms with Gasteiger partial charge in [0.1, 0.15) is 5.01 Å². The molecule has 0 radical (unpaired) electrons. The molecular formula is C16H20BrN3OS. The number of nitrogens with one attached hydrogen (secondary N) is 1. The lowest BCUT2D eigenvalue weighted by atomic mass is 10.1. The van der Waals surface area contributed by atoms with Crippen molar-refractivity contribution < 1.29 is 4.79 Å². The molecule has 1 aromatic heterocycles. The van der Waals surface area contributed by atoms with Gasteiger partial charge in [0.15, 0.2) is 0 Å². The number of aryl methyl sites for hydroxylation is 1. The number of rotatable bonds is 8. The lowest BCUT2D eigenvalue weighted by Crippen LogP contribution is -2.11. The molecule has 0 spiro atoms. The van der Waals surface area contributed by atoms with Gasteiger partial charge in [-0.15, -0.1) is 10.2 Å². The maximum atomic E-state index is 12.1. The van der Waals surface area contributed by atoms with Gasteiger partial charge in [-0.25, -0.2) is 0 Å². The summed E-state index contributed by atoms with van der Waals surface area (Å²) in [5.41, 5.74) is 0.611. The summed E-state index contributed by atoms with van der Waals surface area (Å²) in [6.07, 6.45) is 7.14. The molecule has 118 valence electrons. The number of hydrogen-bond acceptors (Lipinski definition) is 4. The molecule has 1 amide bonds. The van der Waals surface area contributed by atoms with E-state index in [1.807, 2.05) is 12.1 Å². The van der Waals surface area contributed by atoms with E-state index >= 15 is 0 Å². The lowest BCUT2D eigenvalue weighted by molar-refractivity contribution is 0.102. The zero-order valence-corrected chi connectivity index (χ0v) is 15.0. The molecular weight excluding hydrogens is 362 g/mol. The zero-order chi connectivity index (χ0) is 15.8. The van der Waals surface area contributed by atoms with Crippen molar-refractivity contribution in [2.24, 2.45) is 0 Å². The quantitative estimate of drug-likeness (QED) is 0.649. The van der Waals surface area contributed by atoms with Crippen molar-refractivity contribution in [2.75, 3.05) is 5.32 Å². The van der Waals surface area contributed by atoms with E-state index < -0.39 is 0 Å². The Bertz CT molecular complexity index is 598. The second kappa shape index (κ2) is 9.00. The molecule has 0 atom stereocenters. The number of carbonyl (C=O) groups is 1. The molecule has 6 heteroatoms. The van der Waals surface area contributed by atoms with Crippen LogP contribution in [0.5, 0.6) is 0 Å². The number of halogens is 1. The first-order chi connectivity index (χ1) is 10.7. The van der Waals surface area contributed by atoms with Crippen molar-refractivity contribution in [1.82, 2.24) is 10.2 Å². The minimum atomic E-state index is -0.154. The van der Waals surface area contributed by atoms with Gasteiger partial charge in [0.25, 0.3) is 5.91 Å². The van der Waals surface area contributed by atoms with Gasteiger partial charge in [0, 0.05) is 16.5 Å². The third-order valence-corrected chi connectivity index (χ3v) is 4.72. The topological polar surface area (TPSA) is 54.9 Å². The minimum absolute atomic E-state index is 0.154. The van der Waals surface area contributed by atoms with Gasteiger partial charge >= 0.3 is 0 Å². The second-order valence-corrected chi connectivity index (χ2v) is 7.10. The van der Waals surface area contributed by atoms with Crippen molar-refractivity contribution in [1.29, 1.82) is 0 Å². The molecule has 4 nitrogen and oxygen atoms in total. The highest BCUT2D eigenvalue weighted by atomic mass is 79.9. The summed E-state index contributed by atoms with van der Waals surface area (Å²) >= 11 is 4.81. The molecule has 0 fully saturated rings. The van der Waals surface area contributed by atoms with Gasteiger partial charge < -0.3 is 0 Å². The Morgan fingerprint density at radius 1 is 1.14 bits per heavy atom. The fourth-order valence-electron chi connectivity index (χ4n) is 2.06. The summed E-state index contributed by atoms with van der Waals surface area (Å²) in [5, 5.41) is 12.5. The van der Waals surface area contributed by atoms with Crippen LogP contribution in [0.25, 0.3) is 0 Å². The van der Waals surface area contributed by atoms with Crippen LogP contribution in [0.1, 0.15) is 54.4 Å². The Labute approximate surface area is 143 Å². The van der Waals surface area contributed by atoms with Crippen LogP contribution in [0.15, 0.2) is 28.7 Å². The average Bonchev–Trinajstić information content (AvgIpc) is 2.95. The molecule has 1 N–H and O–H groups in total. The monoisotopic (exact) mass is 381 g/mol. The van der Waals surface area contributed by atoms with Crippen LogP contribution in [0.2, 0.25) is 0 Å². The summed E-state index contributed by atoms with van der Waals surface area (Å²) in [6, 6.07) is 7.23. The van der Waals surface area contributed by atoms with Crippen molar-refractivity contribution in [3.05, 3.63) is 39.3 Å². The fraction of sp³-hybridized carbons (Fsp3) is 0.438. The van der Waals surface area contributed by atoms with Gasteiger partial charge in [-0.1, -0.05) is 59.9 Å². The summed E-state index contributed by atoms with van der Waals surface area (Å²) in [6.45, 7) is 2.21. The Morgan fingerprint density at radius 3 is 2.59 bits per heavy atom. The Morgan fingerprint density at radius 2 is 1.86 bits per heavy atom. The lowest BCUT2D eigenvalue weighted by Gasteiger charge is -2.00. The SMILES string of the molecule is CCCCCCCc1nnc(NC(=O)c2ccc(Br)cc2)s1. The molecule has 0 saturated heterocycles. The van der Waals surface area contributed by atoms with E-state index in [4.69, 9.17) is 0 Å².